The van der Waals surface area contributed by atoms with Crippen molar-refractivity contribution in [1.29, 1.82) is 0 Å². The van der Waals surface area contributed by atoms with Crippen LogP contribution in [-0.4, -0.2) is 78.4 Å². The van der Waals surface area contributed by atoms with Gasteiger partial charge in [0.05, 0.1) is 0 Å². The van der Waals surface area contributed by atoms with Crippen molar-refractivity contribution in [2.24, 2.45) is 5.92 Å². The molecule has 1 aromatic rings. The molecule has 0 aromatic heterocycles. The lowest BCUT2D eigenvalue weighted by Crippen LogP contribution is -2.49. The molecule has 0 spiro atoms. The van der Waals surface area contributed by atoms with E-state index in [0.29, 0.717) is 11.9 Å². The third-order valence-corrected chi connectivity index (χ3v) is 8.79. The van der Waals surface area contributed by atoms with E-state index in [-0.39, 0.29) is 11.8 Å². The molecule has 36 heavy (non-hydrogen) atoms. The SMILES string of the molecule is CCN1CCC(C(=O)N2CCC(N3CCCCCCCCN(C(C)=O)c4ccccc4C3)CC2)CC1. The summed E-state index contributed by atoms with van der Waals surface area (Å²) in [5.74, 6) is 0.761. The molecule has 3 heterocycles. The number of carbonyl (C=O) groups excluding carboxylic acids is 2. The summed E-state index contributed by atoms with van der Waals surface area (Å²) < 4.78 is 0. The number of para-hydroxylation sites is 1. The van der Waals surface area contributed by atoms with Crippen molar-refractivity contribution in [2.45, 2.75) is 90.6 Å². The van der Waals surface area contributed by atoms with Gasteiger partial charge >= 0.3 is 0 Å². The number of fused-ring (bicyclic) bond motifs is 1. The number of carbonyl (C=O) groups is 2. The molecule has 3 aliphatic heterocycles. The molecule has 0 atom stereocenters. The third kappa shape index (κ3) is 7.10. The molecule has 0 saturated carbocycles. The van der Waals surface area contributed by atoms with Crippen LogP contribution in [0, 0.1) is 5.92 Å². The summed E-state index contributed by atoms with van der Waals surface area (Å²) >= 11 is 0. The molecule has 0 aliphatic carbocycles. The average Bonchev–Trinajstić information content (AvgIpc) is 2.93. The van der Waals surface area contributed by atoms with Gasteiger partial charge < -0.3 is 14.7 Å². The van der Waals surface area contributed by atoms with E-state index >= 15 is 0 Å². The highest BCUT2D eigenvalue weighted by Crippen LogP contribution is 2.28. The number of hydrogen-bond donors (Lipinski definition) is 0. The van der Waals surface area contributed by atoms with Crippen LogP contribution < -0.4 is 4.90 Å². The number of piperidine rings is 2. The first-order valence-corrected chi connectivity index (χ1v) is 14.7. The van der Waals surface area contributed by atoms with Crippen molar-refractivity contribution in [2.75, 3.05) is 50.7 Å². The van der Waals surface area contributed by atoms with Gasteiger partial charge in [-0.2, -0.15) is 0 Å². The van der Waals surface area contributed by atoms with E-state index in [0.717, 1.165) is 90.1 Å². The van der Waals surface area contributed by atoms with E-state index in [9.17, 15) is 9.59 Å². The molecule has 2 saturated heterocycles. The normalized spacial score (nSPS) is 22.8. The predicted molar refractivity (Wildman–Crippen MR) is 147 cm³/mol. The van der Waals surface area contributed by atoms with Crippen molar-refractivity contribution in [1.82, 2.24) is 14.7 Å². The Kier molecular flexibility index (Phi) is 10.2. The number of hydrogen-bond acceptors (Lipinski definition) is 4. The second kappa shape index (κ2) is 13.6. The van der Waals surface area contributed by atoms with E-state index in [4.69, 9.17) is 0 Å². The van der Waals surface area contributed by atoms with Gasteiger partial charge in [0.25, 0.3) is 0 Å². The van der Waals surface area contributed by atoms with Crippen LogP contribution in [0.5, 0.6) is 0 Å². The van der Waals surface area contributed by atoms with E-state index < -0.39 is 0 Å². The number of anilines is 1. The van der Waals surface area contributed by atoms with Crippen molar-refractivity contribution >= 4 is 17.5 Å². The molecule has 200 valence electrons. The van der Waals surface area contributed by atoms with Crippen molar-refractivity contribution in [3.63, 3.8) is 0 Å². The van der Waals surface area contributed by atoms with Gasteiger partial charge in [-0.05, 0) is 76.3 Å². The molecule has 6 nitrogen and oxygen atoms in total. The molecule has 1 aromatic carbocycles. The predicted octanol–water partition coefficient (Wildman–Crippen LogP) is 4.92. The van der Waals surface area contributed by atoms with Crippen LogP contribution in [0.2, 0.25) is 0 Å². The van der Waals surface area contributed by atoms with Crippen LogP contribution in [0.3, 0.4) is 0 Å². The van der Waals surface area contributed by atoms with E-state index in [1.807, 2.05) is 4.90 Å². The maximum Gasteiger partial charge on any atom is 0.225 e. The van der Waals surface area contributed by atoms with Gasteiger partial charge in [-0.3, -0.25) is 14.5 Å². The second-order valence-electron chi connectivity index (χ2n) is 11.2. The number of benzene rings is 1. The fourth-order valence-electron chi connectivity index (χ4n) is 6.46. The van der Waals surface area contributed by atoms with Gasteiger partial charge in [-0.1, -0.05) is 50.8 Å². The van der Waals surface area contributed by atoms with E-state index in [1.54, 1.807) is 6.92 Å². The number of amides is 2. The monoisotopic (exact) mass is 496 g/mol. The Morgan fingerprint density at radius 1 is 0.806 bits per heavy atom. The minimum Gasteiger partial charge on any atom is -0.342 e. The molecule has 2 fully saturated rings. The Hall–Kier alpha value is -1.92. The number of likely N-dealkylation sites (tertiary alicyclic amines) is 2. The molecular formula is C30H48N4O2. The zero-order valence-corrected chi connectivity index (χ0v) is 22.8. The maximum atomic E-state index is 13.2. The van der Waals surface area contributed by atoms with Gasteiger partial charge in [0.2, 0.25) is 11.8 Å². The minimum absolute atomic E-state index is 0.139. The Labute approximate surface area is 219 Å². The molecule has 0 unspecified atom stereocenters. The first-order chi connectivity index (χ1) is 17.6. The summed E-state index contributed by atoms with van der Waals surface area (Å²) in [5.41, 5.74) is 2.34. The van der Waals surface area contributed by atoms with Crippen LogP contribution in [0.4, 0.5) is 5.69 Å². The highest BCUT2D eigenvalue weighted by atomic mass is 16.2. The van der Waals surface area contributed by atoms with Gasteiger partial charge in [0.1, 0.15) is 0 Å². The smallest absolute Gasteiger partial charge is 0.225 e. The number of rotatable bonds is 3. The highest BCUT2D eigenvalue weighted by Gasteiger charge is 2.32. The largest absolute Gasteiger partial charge is 0.342 e. The Bertz CT molecular complexity index is 843. The lowest BCUT2D eigenvalue weighted by atomic mass is 9.93. The quantitative estimate of drug-likeness (QED) is 0.596. The Morgan fingerprint density at radius 2 is 1.44 bits per heavy atom. The molecule has 0 N–H and O–H groups in total. The Balaban J connectivity index is 1.42. The first-order valence-electron chi connectivity index (χ1n) is 14.7. The van der Waals surface area contributed by atoms with Crippen molar-refractivity contribution < 1.29 is 9.59 Å². The average molecular weight is 497 g/mol. The zero-order valence-electron chi connectivity index (χ0n) is 22.8. The second-order valence-corrected chi connectivity index (χ2v) is 11.2. The summed E-state index contributed by atoms with van der Waals surface area (Å²) in [6.07, 6.45) is 11.5. The van der Waals surface area contributed by atoms with Gasteiger partial charge in [0, 0.05) is 50.7 Å². The Morgan fingerprint density at radius 3 is 2.11 bits per heavy atom. The summed E-state index contributed by atoms with van der Waals surface area (Å²) in [6, 6.07) is 9.00. The van der Waals surface area contributed by atoms with Crippen molar-refractivity contribution in [3.8, 4) is 0 Å². The lowest BCUT2D eigenvalue weighted by Gasteiger charge is -2.41. The molecule has 6 heteroatoms. The van der Waals surface area contributed by atoms with Crippen molar-refractivity contribution in [3.05, 3.63) is 29.8 Å². The van der Waals surface area contributed by atoms with Gasteiger partial charge in [-0.15, -0.1) is 0 Å². The third-order valence-electron chi connectivity index (χ3n) is 8.79. The van der Waals surface area contributed by atoms with Gasteiger partial charge in [-0.25, -0.2) is 0 Å². The zero-order chi connectivity index (χ0) is 25.3. The van der Waals surface area contributed by atoms with Crippen LogP contribution in [0.25, 0.3) is 0 Å². The summed E-state index contributed by atoms with van der Waals surface area (Å²) in [7, 11) is 0. The van der Waals surface area contributed by atoms with Crippen LogP contribution in [0.15, 0.2) is 24.3 Å². The molecule has 0 radical (unpaired) electrons. The molecule has 2 amide bonds. The maximum absolute atomic E-state index is 13.2. The highest BCUT2D eigenvalue weighted by molar-refractivity contribution is 5.92. The molecule has 0 bridgehead atoms. The van der Waals surface area contributed by atoms with Crippen LogP contribution in [0.1, 0.15) is 83.6 Å². The minimum atomic E-state index is 0.139. The topological polar surface area (TPSA) is 47.1 Å². The summed E-state index contributed by atoms with van der Waals surface area (Å²) in [6.45, 7) is 11.7. The summed E-state index contributed by atoms with van der Waals surface area (Å²) in [4.78, 5) is 35.1. The van der Waals surface area contributed by atoms with E-state index in [2.05, 4.69) is 45.9 Å². The summed E-state index contributed by atoms with van der Waals surface area (Å²) in [5, 5.41) is 0. The number of nitrogens with zero attached hydrogens (tertiary/aromatic N) is 4. The fraction of sp³-hybridized carbons (Fsp3) is 0.733. The van der Waals surface area contributed by atoms with Gasteiger partial charge in [0.15, 0.2) is 0 Å². The fourth-order valence-corrected chi connectivity index (χ4v) is 6.46. The molecule has 3 aliphatic rings. The lowest BCUT2D eigenvalue weighted by molar-refractivity contribution is -0.138. The van der Waals surface area contributed by atoms with E-state index in [1.165, 1.54) is 37.7 Å². The molecular weight excluding hydrogens is 448 g/mol. The van der Waals surface area contributed by atoms with Crippen LogP contribution >= 0.6 is 0 Å². The molecule has 4 rings (SSSR count). The first kappa shape index (κ1) is 27.1. The van der Waals surface area contributed by atoms with Crippen LogP contribution in [-0.2, 0) is 16.1 Å². The standard InChI is InChI=1S/C30H48N4O2/c1-3-31-20-14-26(15-21-31)30(36)32-22-16-28(17-23-32)33-18-10-6-4-5-7-11-19-34(25(2)35)29-13-9-8-12-27(29)24-33/h8-9,12-13,26,28H,3-7,10-11,14-24H2,1-2H3.